The Morgan fingerprint density at radius 2 is 1.89 bits per heavy atom. The SMILES string of the molecule is Cc1cc(Nc2ccc(-c3cnc([C@H]4CC[C@H](NC(=O)OC(C)C)CC4)s3)c(S(=O)(=O)C3CN(C)C3)c2)nn1C1CCCCO1. The standard InChI is InChI=1S/C32H44N6O5S2/c1-20(2)43-32(39)35-23-10-8-22(9-11-23)31-33-17-27(44-31)26-13-12-24(16-28(26)45(40,41)25-18-37(4)19-25)34-29-15-21(3)38(36-29)30-7-5-6-14-42-30/h12-13,15-17,20,22-23,25,30H,5-11,14,18-19H2,1-4H3,(H,34,36)(H,35,39)/t22-,23-,30?. The van der Waals surface area contributed by atoms with Crippen LogP contribution in [0.15, 0.2) is 35.4 Å². The van der Waals surface area contributed by atoms with E-state index in [2.05, 4.69) is 10.6 Å². The van der Waals surface area contributed by atoms with E-state index >= 15 is 0 Å². The number of carbonyl (C=O) groups excluding carboxylic acids is 1. The van der Waals surface area contributed by atoms with Crippen LogP contribution in [0, 0.1) is 6.92 Å². The fourth-order valence-electron chi connectivity index (χ4n) is 6.46. The number of sulfone groups is 1. The number of aromatic nitrogens is 3. The zero-order chi connectivity index (χ0) is 31.7. The molecule has 0 radical (unpaired) electrons. The first-order valence-corrected chi connectivity index (χ1v) is 18.4. The Hall–Kier alpha value is -3.00. The molecule has 3 aliphatic rings. The Bertz CT molecular complexity index is 1600. The van der Waals surface area contributed by atoms with Crippen LogP contribution in [-0.4, -0.2) is 78.3 Å². The van der Waals surface area contributed by atoms with Crippen LogP contribution in [0.1, 0.15) is 81.6 Å². The molecule has 2 aliphatic heterocycles. The van der Waals surface area contributed by atoms with Gasteiger partial charge in [-0.2, -0.15) is 5.10 Å². The molecule has 0 spiro atoms. The number of hydrogen-bond donors (Lipinski definition) is 2. The molecule has 2 aromatic heterocycles. The third-order valence-corrected chi connectivity index (χ3v) is 12.2. The Morgan fingerprint density at radius 3 is 2.58 bits per heavy atom. The van der Waals surface area contributed by atoms with Crippen molar-refractivity contribution in [2.24, 2.45) is 0 Å². The summed E-state index contributed by atoms with van der Waals surface area (Å²) >= 11 is 1.57. The molecule has 4 heterocycles. The number of alkyl carbamates (subject to hydrolysis) is 1. The van der Waals surface area contributed by atoms with E-state index < -0.39 is 15.1 Å². The summed E-state index contributed by atoms with van der Waals surface area (Å²) in [5, 5.41) is 11.6. The predicted molar refractivity (Wildman–Crippen MR) is 175 cm³/mol. The zero-order valence-electron chi connectivity index (χ0n) is 26.5. The maximum Gasteiger partial charge on any atom is 0.407 e. The predicted octanol–water partition coefficient (Wildman–Crippen LogP) is 6.01. The van der Waals surface area contributed by atoms with Gasteiger partial charge in [-0.3, -0.25) is 0 Å². The topological polar surface area (TPSA) is 128 Å². The minimum Gasteiger partial charge on any atom is -0.447 e. The number of thiazole rings is 1. The quantitative estimate of drug-likeness (QED) is 0.285. The molecule has 1 unspecified atom stereocenters. The fraction of sp³-hybridized carbons (Fsp3) is 0.594. The second-order valence-corrected chi connectivity index (χ2v) is 16.1. The molecule has 3 fully saturated rings. The number of ether oxygens (including phenoxy) is 2. The van der Waals surface area contributed by atoms with Crippen molar-refractivity contribution < 1.29 is 22.7 Å². The first kappa shape index (κ1) is 32.0. The molecule has 0 bridgehead atoms. The van der Waals surface area contributed by atoms with Crippen molar-refractivity contribution in [3.8, 4) is 10.4 Å². The van der Waals surface area contributed by atoms with E-state index in [9.17, 15) is 13.2 Å². The second kappa shape index (κ2) is 13.4. The van der Waals surface area contributed by atoms with Gasteiger partial charge in [0.05, 0.1) is 26.1 Å². The smallest absolute Gasteiger partial charge is 0.407 e. The first-order chi connectivity index (χ1) is 21.6. The van der Waals surface area contributed by atoms with Gasteiger partial charge in [0.2, 0.25) is 0 Å². The Kier molecular flexibility index (Phi) is 9.51. The van der Waals surface area contributed by atoms with Crippen LogP contribution in [-0.2, 0) is 19.3 Å². The number of nitrogens with one attached hydrogen (secondary N) is 2. The molecular formula is C32H44N6O5S2. The van der Waals surface area contributed by atoms with Crippen molar-refractivity contribution in [1.29, 1.82) is 0 Å². The molecular weight excluding hydrogens is 613 g/mol. The largest absolute Gasteiger partial charge is 0.447 e. The highest BCUT2D eigenvalue weighted by Gasteiger charge is 2.38. The van der Waals surface area contributed by atoms with Gasteiger partial charge in [0.25, 0.3) is 0 Å². The van der Waals surface area contributed by atoms with E-state index in [0.717, 1.165) is 67.1 Å². The van der Waals surface area contributed by atoms with Crippen molar-refractivity contribution in [2.75, 3.05) is 32.1 Å². The number of amides is 1. The molecule has 13 heteroatoms. The fourth-order valence-corrected chi connectivity index (χ4v) is 9.69. The summed E-state index contributed by atoms with van der Waals surface area (Å²) in [4.78, 5) is 20.0. The molecule has 3 aromatic rings. The van der Waals surface area contributed by atoms with Gasteiger partial charge in [-0.15, -0.1) is 11.3 Å². The van der Waals surface area contributed by atoms with Gasteiger partial charge >= 0.3 is 6.09 Å². The number of aryl methyl sites for hydroxylation is 1. The van der Waals surface area contributed by atoms with Crippen LogP contribution in [0.4, 0.5) is 16.3 Å². The van der Waals surface area contributed by atoms with E-state index in [1.165, 1.54) is 0 Å². The van der Waals surface area contributed by atoms with Crippen LogP contribution in [0.3, 0.4) is 0 Å². The molecule has 1 atom stereocenters. The van der Waals surface area contributed by atoms with Crippen LogP contribution in [0.5, 0.6) is 0 Å². The minimum atomic E-state index is -3.59. The number of benzene rings is 1. The average Bonchev–Trinajstić information content (AvgIpc) is 3.63. The molecule has 1 saturated carbocycles. The number of anilines is 2. The summed E-state index contributed by atoms with van der Waals surface area (Å²) in [7, 11) is -1.66. The molecule has 1 aromatic carbocycles. The van der Waals surface area contributed by atoms with Crippen molar-refractivity contribution in [3.05, 3.63) is 41.2 Å². The highest BCUT2D eigenvalue weighted by Crippen LogP contribution is 2.41. The number of rotatable bonds is 9. The average molecular weight is 657 g/mol. The Morgan fingerprint density at radius 1 is 1.11 bits per heavy atom. The zero-order valence-corrected chi connectivity index (χ0v) is 28.1. The summed E-state index contributed by atoms with van der Waals surface area (Å²) in [6, 6.07) is 7.62. The summed E-state index contributed by atoms with van der Waals surface area (Å²) in [6.45, 7) is 7.45. The third kappa shape index (κ3) is 7.21. The molecule has 11 nitrogen and oxygen atoms in total. The molecule has 1 aliphatic carbocycles. The highest BCUT2D eigenvalue weighted by atomic mass is 32.2. The van der Waals surface area contributed by atoms with Crippen LogP contribution in [0.25, 0.3) is 10.4 Å². The number of carbonyl (C=O) groups is 1. The van der Waals surface area contributed by atoms with Crippen LogP contribution < -0.4 is 10.6 Å². The molecule has 1 amide bonds. The lowest BCUT2D eigenvalue weighted by atomic mass is 9.86. The lowest BCUT2D eigenvalue weighted by Crippen LogP contribution is -2.52. The Balaban J connectivity index is 1.21. The van der Waals surface area contributed by atoms with Crippen molar-refractivity contribution >= 4 is 38.8 Å². The van der Waals surface area contributed by atoms with E-state index in [1.807, 2.05) is 61.8 Å². The maximum atomic E-state index is 14.0. The van der Waals surface area contributed by atoms with Gasteiger partial charge in [-0.1, -0.05) is 6.07 Å². The van der Waals surface area contributed by atoms with E-state index in [1.54, 1.807) is 17.4 Å². The summed E-state index contributed by atoms with van der Waals surface area (Å²) in [5.41, 5.74) is 2.34. The van der Waals surface area contributed by atoms with E-state index in [0.29, 0.717) is 35.1 Å². The van der Waals surface area contributed by atoms with E-state index in [4.69, 9.17) is 19.6 Å². The van der Waals surface area contributed by atoms with E-state index in [-0.39, 0.29) is 30.4 Å². The lowest BCUT2D eigenvalue weighted by Gasteiger charge is -2.35. The van der Waals surface area contributed by atoms with Gasteiger partial charge in [-0.05, 0) is 84.9 Å². The number of nitrogens with zero attached hydrogens (tertiary/aromatic N) is 4. The maximum absolute atomic E-state index is 14.0. The second-order valence-electron chi connectivity index (χ2n) is 12.9. The molecule has 2 N–H and O–H groups in total. The first-order valence-electron chi connectivity index (χ1n) is 16.0. The minimum absolute atomic E-state index is 0.0727. The number of likely N-dealkylation sites (tertiary alicyclic amines) is 1. The molecule has 45 heavy (non-hydrogen) atoms. The highest BCUT2D eigenvalue weighted by molar-refractivity contribution is 7.92. The molecule has 2 saturated heterocycles. The van der Waals surface area contributed by atoms with Crippen molar-refractivity contribution in [1.82, 2.24) is 25.0 Å². The van der Waals surface area contributed by atoms with Gasteiger partial charge in [-0.25, -0.2) is 22.9 Å². The third-order valence-electron chi connectivity index (χ3n) is 8.91. The summed E-state index contributed by atoms with van der Waals surface area (Å²) in [6.07, 6.45) is 7.84. The van der Waals surface area contributed by atoms with Gasteiger partial charge in [0, 0.05) is 60.9 Å². The summed E-state index contributed by atoms with van der Waals surface area (Å²) < 4.78 is 41.0. The Labute approximate surface area is 269 Å². The lowest BCUT2D eigenvalue weighted by molar-refractivity contribution is -0.0404. The van der Waals surface area contributed by atoms with Crippen molar-refractivity contribution in [2.45, 2.75) is 100 Å². The van der Waals surface area contributed by atoms with Gasteiger partial charge < -0.3 is 25.0 Å². The monoisotopic (exact) mass is 656 g/mol. The van der Waals surface area contributed by atoms with Gasteiger partial charge in [0.15, 0.2) is 21.9 Å². The van der Waals surface area contributed by atoms with Crippen molar-refractivity contribution in [3.63, 3.8) is 0 Å². The summed E-state index contributed by atoms with van der Waals surface area (Å²) in [5.74, 6) is 0.930. The number of hydrogen-bond acceptors (Lipinski definition) is 10. The van der Waals surface area contributed by atoms with Crippen LogP contribution >= 0.6 is 11.3 Å². The molecule has 6 rings (SSSR count). The van der Waals surface area contributed by atoms with Gasteiger partial charge in [0.1, 0.15) is 0 Å². The van der Waals surface area contributed by atoms with Crippen LogP contribution in [0.2, 0.25) is 0 Å². The molecule has 244 valence electrons. The normalized spacial score (nSPS) is 23.1.